The number of amides is 1. The van der Waals surface area contributed by atoms with Crippen LogP contribution >= 0.6 is 0 Å². The SMILES string of the molecule is CC(=O)NCc1ccc(CNC(C)C)cc1. The second kappa shape index (κ2) is 6.28. The second-order valence-electron chi connectivity index (χ2n) is 4.26. The lowest BCUT2D eigenvalue weighted by Crippen LogP contribution is -2.22. The van der Waals surface area contributed by atoms with Crippen LogP contribution in [0.5, 0.6) is 0 Å². The first kappa shape index (κ1) is 12.7. The zero-order chi connectivity index (χ0) is 12.0. The van der Waals surface area contributed by atoms with Gasteiger partial charge >= 0.3 is 0 Å². The molecule has 2 N–H and O–H groups in total. The van der Waals surface area contributed by atoms with Gasteiger partial charge in [-0.05, 0) is 11.1 Å². The lowest BCUT2D eigenvalue weighted by Gasteiger charge is -2.08. The van der Waals surface area contributed by atoms with Crippen LogP contribution in [0.3, 0.4) is 0 Å². The van der Waals surface area contributed by atoms with Gasteiger partial charge in [0.05, 0.1) is 0 Å². The highest BCUT2D eigenvalue weighted by Gasteiger charge is 1.97. The fourth-order valence-electron chi connectivity index (χ4n) is 1.32. The molecule has 0 spiro atoms. The molecule has 1 rings (SSSR count). The molecule has 0 aromatic heterocycles. The average Bonchev–Trinajstić information content (AvgIpc) is 2.25. The van der Waals surface area contributed by atoms with Crippen molar-refractivity contribution in [3.05, 3.63) is 35.4 Å². The molecule has 0 bridgehead atoms. The summed E-state index contributed by atoms with van der Waals surface area (Å²) in [5, 5.41) is 6.14. The highest BCUT2D eigenvalue weighted by Crippen LogP contribution is 2.04. The normalized spacial score (nSPS) is 10.5. The van der Waals surface area contributed by atoms with E-state index in [2.05, 4.69) is 36.6 Å². The smallest absolute Gasteiger partial charge is 0.217 e. The number of nitrogens with one attached hydrogen (secondary N) is 2. The molecule has 0 atom stereocenters. The lowest BCUT2D eigenvalue weighted by molar-refractivity contribution is -0.119. The summed E-state index contributed by atoms with van der Waals surface area (Å²) in [5.41, 5.74) is 2.39. The van der Waals surface area contributed by atoms with Crippen LogP contribution in [-0.4, -0.2) is 11.9 Å². The van der Waals surface area contributed by atoms with E-state index in [1.54, 1.807) is 0 Å². The molecule has 0 saturated heterocycles. The van der Waals surface area contributed by atoms with E-state index in [0.29, 0.717) is 12.6 Å². The first-order valence-corrected chi connectivity index (χ1v) is 5.63. The number of benzene rings is 1. The molecule has 88 valence electrons. The van der Waals surface area contributed by atoms with Crippen molar-refractivity contribution in [2.75, 3.05) is 0 Å². The van der Waals surface area contributed by atoms with Crippen LogP contribution in [0, 0.1) is 0 Å². The summed E-state index contributed by atoms with van der Waals surface area (Å²) in [6.45, 7) is 7.28. The van der Waals surface area contributed by atoms with E-state index in [1.165, 1.54) is 12.5 Å². The summed E-state index contributed by atoms with van der Waals surface area (Å²) < 4.78 is 0. The number of rotatable bonds is 5. The van der Waals surface area contributed by atoms with Crippen molar-refractivity contribution in [3.8, 4) is 0 Å². The largest absolute Gasteiger partial charge is 0.352 e. The summed E-state index contributed by atoms with van der Waals surface area (Å²) in [6, 6.07) is 8.78. The minimum atomic E-state index is 0.00514. The molecule has 0 heterocycles. The zero-order valence-electron chi connectivity index (χ0n) is 10.2. The Hall–Kier alpha value is -1.35. The molecule has 0 unspecified atom stereocenters. The minimum absolute atomic E-state index is 0.00514. The van der Waals surface area contributed by atoms with Gasteiger partial charge in [0.2, 0.25) is 5.91 Å². The average molecular weight is 220 g/mol. The van der Waals surface area contributed by atoms with Gasteiger partial charge in [-0.3, -0.25) is 4.79 Å². The molecule has 1 aromatic carbocycles. The quantitative estimate of drug-likeness (QED) is 0.794. The second-order valence-corrected chi connectivity index (χ2v) is 4.26. The molecular formula is C13H20N2O. The van der Waals surface area contributed by atoms with Crippen LogP contribution in [0.15, 0.2) is 24.3 Å². The molecule has 0 aliphatic carbocycles. The fraction of sp³-hybridized carbons (Fsp3) is 0.462. The van der Waals surface area contributed by atoms with Crippen LogP contribution in [0.4, 0.5) is 0 Å². The predicted octanol–water partition coefficient (Wildman–Crippen LogP) is 1.82. The minimum Gasteiger partial charge on any atom is -0.352 e. The van der Waals surface area contributed by atoms with Crippen molar-refractivity contribution in [2.45, 2.75) is 39.9 Å². The van der Waals surface area contributed by atoms with E-state index in [0.717, 1.165) is 12.1 Å². The molecular weight excluding hydrogens is 200 g/mol. The molecule has 0 saturated carbocycles. The molecule has 3 heteroatoms. The van der Waals surface area contributed by atoms with E-state index in [9.17, 15) is 4.79 Å². The number of carbonyl (C=O) groups is 1. The van der Waals surface area contributed by atoms with E-state index >= 15 is 0 Å². The number of hydrogen-bond donors (Lipinski definition) is 2. The number of carbonyl (C=O) groups excluding carboxylic acids is 1. The summed E-state index contributed by atoms with van der Waals surface area (Å²) in [6.07, 6.45) is 0. The Morgan fingerprint density at radius 1 is 1.12 bits per heavy atom. The third-order valence-corrected chi connectivity index (χ3v) is 2.28. The van der Waals surface area contributed by atoms with Gasteiger partial charge in [-0.15, -0.1) is 0 Å². The summed E-state index contributed by atoms with van der Waals surface area (Å²) in [7, 11) is 0. The Kier molecular flexibility index (Phi) is 4.99. The highest BCUT2D eigenvalue weighted by molar-refractivity contribution is 5.72. The molecule has 0 radical (unpaired) electrons. The van der Waals surface area contributed by atoms with Gasteiger partial charge in [-0.1, -0.05) is 38.1 Å². The first-order chi connectivity index (χ1) is 7.58. The van der Waals surface area contributed by atoms with Gasteiger partial charge in [0.25, 0.3) is 0 Å². The third kappa shape index (κ3) is 4.94. The molecule has 0 aliphatic rings. The van der Waals surface area contributed by atoms with Gasteiger partial charge < -0.3 is 10.6 Å². The van der Waals surface area contributed by atoms with E-state index in [1.807, 2.05) is 12.1 Å². The van der Waals surface area contributed by atoms with Crippen molar-refractivity contribution >= 4 is 5.91 Å². The Balaban J connectivity index is 2.44. The van der Waals surface area contributed by atoms with E-state index in [4.69, 9.17) is 0 Å². The van der Waals surface area contributed by atoms with Gasteiger partial charge in [0.1, 0.15) is 0 Å². The molecule has 0 fully saturated rings. The van der Waals surface area contributed by atoms with Crippen molar-refractivity contribution in [1.82, 2.24) is 10.6 Å². The van der Waals surface area contributed by atoms with Crippen LogP contribution in [0.1, 0.15) is 31.9 Å². The Labute approximate surface area is 97.2 Å². The fourth-order valence-corrected chi connectivity index (χ4v) is 1.32. The first-order valence-electron chi connectivity index (χ1n) is 5.63. The van der Waals surface area contributed by atoms with Crippen molar-refractivity contribution in [1.29, 1.82) is 0 Å². The summed E-state index contributed by atoms with van der Waals surface area (Å²) in [5.74, 6) is 0.00514. The van der Waals surface area contributed by atoms with Crippen LogP contribution < -0.4 is 10.6 Å². The van der Waals surface area contributed by atoms with Gasteiger partial charge in [-0.2, -0.15) is 0 Å². The maximum Gasteiger partial charge on any atom is 0.217 e. The standard InChI is InChI=1S/C13H20N2O/c1-10(2)14-8-12-4-6-13(7-5-12)9-15-11(3)16/h4-7,10,14H,8-9H2,1-3H3,(H,15,16). The Morgan fingerprint density at radius 2 is 1.62 bits per heavy atom. The summed E-state index contributed by atoms with van der Waals surface area (Å²) >= 11 is 0. The molecule has 1 amide bonds. The van der Waals surface area contributed by atoms with Gasteiger partial charge in [0, 0.05) is 26.1 Å². The molecule has 0 aliphatic heterocycles. The van der Waals surface area contributed by atoms with Crippen LogP contribution in [-0.2, 0) is 17.9 Å². The Bertz CT molecular complexity index is 330. The third-order valence-electron chi connectivity index (χ3n) is 2.28. The van der Waals surface area contributed by atoms with Crippen LogP contribution in [0.25, 0.3) is 0 Å². The number of hydrogen-bond acceptors (Lipinski definition) is 2. The van der Waals surface area contributed by atoms with Crippen LogP contribution in [0.2, 0.25) is 0 Å². The van der Waals surface area contributed by atoms with E-state index in [-0.39, 0.29) is 5.91 Å². The van der Waals surface area contributed by atoms with Gasteiger partial charge in [0.15, 0.2) is 0 Å². The molecule has 1 aromatic rings. The highest BCUT2D eigenvalue weighted by atomic mass is 16.1. The Morgan fingerprint density at radius 3 is 2.06 bits per heavy atom. The maximum absolute atomic E-state index is 10.7. The molecule has 16 heavy (non-hydrogen) atoms. The van der Waals surface area contributed by atoms with Crippen molar-refractivity contribution < 1.29 is 4.79 Å². The van der Waals surface area contributed by atoms with E-state index < -0.39 is 0 Å². The lowest BCUT2D eigenvalue weighted by atomic mass is 10.1. The zero-order valence-corrected chi connectivity index (χ0v) is 10.2. The summed E-state index contributed by atoms with van der Waals surface area (Å²) in [4.78, 5) is 10.7. The maximum atomic E-state index is 10.7. The molecule has 3 nitrogen and oxygen atoms in total. The van der Waals surface area contributed by atoms with Crippen molar-refractivity contribution in [3.63, 3.8) is 0 Å². The monoisotopic (exact) mass is 220 g/mol. The predicted molar refractivity (Wildman–Crippen MR) is 65.9 cm³/mol. The van der Waals surface area contributed by atoms with Crippen molar-refractivity contribution in [2.24, 2.45) is 0 Å². The van der Waals surface area contributed by atoms with Gasteiger partial charge in [-0.25, -0.2) is 0 Å². The topological polar surface area (TPSA) is 41.1 Å².